The zero-order valence-corrected chi connectivity index (χ0v) is 42.5. The molecule has 0 aliphatic heterocycles. The summed E-state index contributed by atoms with van der Waals surface area (Å²) in [6.07, 6.45) is 57.6. The van der Waals surface area contributed by atoms with Gasteiger partial charge in [0.1, 0.15) is 0 Å². The molecule has 350 valence electrons. The summed E-state index contributed by atoms with van der Waals surface area (Å²) >= 11 is 0. The topological polar surface area (TPSA) is 18.5 Å². The fourth-order valence-electron chi connectivity index (χ4n) is 9.79. The van der Waals surface area contributed by atoms with Crippen molar-refractivity contribution in [1.82, 2.24) is 0 Å². The minimum absolute atomic E-state index is 0.00908. The zero-order chi connectivity index (χ0) is 43.1. The molecule has 0 aliphatic carbocycles. The molecule has 0 fully saturated rings. The third-order valence-corrected chi connectivity index (χ3v) is 13.4. The fraction of sp³-hybridized carbons (Fsp3) is 1.00. The normalized spacial score (nSPS) is 13.8. The standard InChI is InChI=1S/C56H114O2/c1-11-14-17-20-23-26-29-35-40-45-50-55(8,9)58-56(10,51-46-41-36-31-27-24-21-18-15-12-2)52-47-42-37-32-28-30-34-39-44-49-54(6,7)57-53(4,5)48-43-38-33-25-22-19-16-13-3/h11-52H2,1-10H3. The summed E-state index contributed by atoms with van der Waals surface area (Å²) < 4.78 is 13.9. The predicted molar refractivity (Wildman–Crippen MR) is 264 cm³/mol. The SMILES string of the molecule is CCCCCCCCCCCCC(C)(C)OC(C)(CCCCCCCCCCCC)CCCCCCCCCCCC(C)(C)OC(C)(C)CCCCCCCCCC. The van der Waals surface area contributed by atoms with Crippen LogP contribution < -0.4 is 0 Å². The number of ether oxygens (including phenoxy) is 2. The summed E-state index contributed by atoms with van der Waals surface area (Å²) in [4.78, 5) is 0. The number of hydrogen-bond acceptors (Lipinski definition) is 2. The molecule has 0 radical (unpaired) electrons. The lowest BCUT2D eigenvalue weighted by atomic mass is 9.89. The first kappa shape index (κ1) is 57.9. The second-order valence-corrected chi connectivity index (χ2v) is 21.7. The van der Waals surface area contributed by atoms with E-state index in [1.54, 1.807) is 0 Å². The van der Waals surface area contributed by atoms with Gasteiger partial charge in [0.05, 0.1) is 22.4 Å². The van der Waals surface area contributed by atoms with Gasteiger partial charge in [-0.3, -0.25) is 0 Å². The van der Waals surface area contributed by atoms with Gasteiger partial charge in [0.15, 0.2) is 0 Å². The van der Waals surface area contributed by atoms with Crippen LogP contribution in [0.2, 0.25) is 0 Å². The first-order chi connectivity index (χ1) is 27.8. The smallest absolute Gasteiger partial charge is 0.0661 e. The molecule has 0 rings (SSSR count). The Balaban J connectivity index is 4.41. The van der Waals surface area contributed by atoms with Crippen molar-refractivity contribution in [2.24, 2.45) is 0 Å². The monoisotopic (exact) mass is 819 g/mol. The maximum Gasteiger partial charge on any atom is 0.0661 e. The van der Waals surface area contributed by atoms with Crippen LogP contribution >= 0.6 is 0 Å². The molecule has 0 N–H and O–H groups in total. The molecule has 1 atom stereocenters. The van der Waals surface area contributed by atoms with Gasteiger partial charge in [-0.25, -0.2) is 0 Å². The number of unbranched alkanes of at least 4 members (excludes halogenated alkanes) is 33. The second-order valence-electron chi connectivity index (χ2n) is 21.7. The Bertz CT molecular complexity index is 828. The highest BCUT2D eigenvalue weighted by Crippen LogP contribution is 2.34. The molecule has 2 nitrogen and oxygen atoms in total. The molecule has 0 aromatic heterocycles. The Morgan fingerprint density at radius 3 is 0.603 bits per heavy atom. The summed E-state index contributed by atoms with van der Waals surface area (Å²) in [5.41, 5.74) is -0.0112. The van der Waals surface area contributed by atoms with Gasteiger partial charge < -0.3 is 9.47 Å². The van der Waals surface area contributed by atoms with Crippen molar-refractivity contribution in [3.63, 3.8) is 0 Å². The van der Waals surface area contributed by atoms with E-state index in [2.05, 4.69) is 69.2 Å². The maximum atomic E-state index is 7.15. The molecule has 1 unspecified atom stereocenters. The van der Waals surface area contributed by atoms with Crippen LogP contribution in [0.15, 0.2) is 0 Å². The lowest BCUT2D eigenvalue weighted by molar-refractivity contribution is -0.144. The van der Waals surface area contributed by atoms with Crippen LogP contribution in [0.3, 0.4) is 0 Å². The molecular formula is C56H114O2. The van der Waals surface area contributed by atoms with E-state index in [1.165, 1.54) is 270 Å². The lowest BCUT2D eigenvalue weighted by Crippen LogP contribution is -2.39. The van der Waals surface area contributed by atoms with Crippen molar-refractivity contribution < 1.29 is 9.47 Å². The fourth-order valence-corrected chi connectivity index (χ4v) is 9.79. The summed E-state index contributed by atoms with van der Waals surface area (Å²) in [5, 5.41) is 0. The third kappa shape index (κ3) is 40.0. The molecule has 0 saturated carbocycles. The molecular weight excluding hydrogens is 705 g/mol. The van der Waals surface area contributed by atoms with E-state index in [0.29, 0.717) is 0 Å². The minimum Gasteiger partial charge on any atom is -0.370 e. The summed E-state index contributed by atoms with van der Waals surface area (Å²) in [5.74, 6) is 0. The predicted octanol–water partition coefficient (Wildman–Crippen LogP) is 20.6. The molecule has 0 aliphatic rings. The van der Waals surface area contributed by atoms with Gasteiger partial charge in [-0.2, -0.15) is 0 Å². The van der Waals surface area contributed by atoms with Crippen LogP contribution in [-0.2, 0) is 9.47 Å². The summed E-state index contributed by atoms with van der Waals surface area (Å²) in [6, 6.07) is 0. The van der Waals surface area contributed by atoms with Crippen molar-refractivity contribution in [2.75, 3.05) is 0 Å². The van der Waals surface area contributed by atoms with Crippen molar-refractivity contribution in [2.45, 2.75) is 361 Å². The van der Waals surface area contributed by atoms with Crippen LogP contribution in [-0.4, -0.2) is 22.4 Å². The van der Waals surface area contributed by atoms with Crippen LogP contribution in [0.25, 0.3) is 0 Å². The minimum atomic E-state index is -0.0163. The Hall–Kier alpha value is -0.0800. The van der Waals surface area contributed by atoms with Crippen LogP contribution in [0.5, 0.6) is 0 Å². The van der Waals surface area contributed by atoms with Crippen LogP contribution in [0.1, 0.15) is 339 Å². The van der Waals surface area contributed by atoms with Gasteiger partial charge >= 0.3 is 0 Å². The molecule has 58 heavy (non-hydrogen) atoms. The van der Waals surface area contributed by atoms with E-state index in [0.717, 1.165) is 0 Å². The molecule has 2 heteroatoms. The largest absolute Gasteiger partial charge is 0.370 e. The zero-order valence-electron chi connectivity index (χ0n) is 42.5. The Morgan fingerprint density at radius 2 is 0.379 bits per heavy atom. The van der Waals surface area contributed by atoms with Gasteiger partial charge in [0.25, 0.3) is 0 Å². The van der Waals surface area contributed by atoms with Gasteiger partial charge in [-0.1, -0.05) is 258 Å². The van der Waals surface area contributed by atoms with Crippen molar-refractivity contribution >= 4 is 0 Å². The van der Waals surface area contributed by atoms with E-state index < -0.39 is 0 Å². The average molecular weight is 820 g/mol. The Kier molecular flexibility index (Phi) is 38.5. The summed E-state index contributed by atoms with van der Waals surface area (Å²) in [7, 11) is 0. The molecule has 0 aromatic rings. The van der Waals surface area contributed by atoms with Gasteiger partial charge in [0, 0.05) is 0 Å². The van der Waals surface area contributed by atoms with Crippen molar-refractivity contribution in [1.29, 1.82) is 0 Å². The van der Waals surface area contributed by atoms with Gasteiger partial charge in [0.2, 0.25) is 0 Å². The van der Waals surface area contributed by atoms with E-state index in [4.69, 9.17) is 9.47 Å². The molecule has 0 spiro atoms. The number of rotatable bonds is 47. The maximum absolute atomic E-state index is 7.15. The average Bonchev–Trinajstić information content (AvgIpc) is 3.15. The molecule has 0 amide bonds. The highest BCUT2D eigenvalue weighted by Gasteiger charge is 2.32. The Labute approximate surface area is 369 Å². The quantitative estimate of drug-likeness (QED) is 0.0570. The molecule has 0 saturated heterocycles. The van der Waals surface area contributed by atoms with Crippen molar-refractivity contribution in [3.05, 3.63) is 0 Å². The molecule has 0 bridgehead atoms. The molecule has 0 heterocycles. The third-order valence-electron chi connectivity index (χ3n) is 13.4. The van der Waals surface area contributed by atoms with E-state index in [-0.39, 0.29) is 22.4 Å². The first-order valence-corrected chi connectivity index (χ1v) is 27.2. The highest BCUT2D eigenvalue weighted by atomic mass is 16.5. The first-order valence-electron chi connectivity index (χ1n) is 27.2. The second kappa shape index (κ2) is 38.6. The van der Waals surface area contributed by atoms with E-state index >= 15 is 0 Å². The van der Waals surface area contributed by atoms with Crippen LogP contribution in [0.4, 0.5) is 0 Å². The van der Waals surface area contributed by atoms with Crippen LogP contribution in [0, 0.1) is 0 Å². The van der Waals surface area contributed by atoms with Crippen molar-refractivity contribution in [3.8, 4) is 0 Å². The highest BCUT2D eigenvalue weighted by molar-refractivity contribution is 4.82. The summed E-state index contributed by atoms with van der Waals surface area (Å²) in [6.45, 7) is 23.5. The van der Waals surface area contributed by atoms with Gasteiger partial charge in [-0.05, 0) is 80.6 Å². The lowest BCUT2D eigenvalue weighted by Gasteiger charge is -2.39. The van der Waals surface area contributed by atoms with E-state index in [1.807, 2.05) is 0 Å². The van der Waals surface area contributed by atoms with E-state index in [9.17, 15) is 0 Å². The van der Waals surface area contributed by atoms with Gasteiger partial charge in [-0.15, -0.1) is 0 Å². The molecule has 0 aromatic carbocycles. The Morgan fingerprint density at radius 1 is 0.207 bits per heavy atom. The number of hydrogen-bond donors (Lipinski definition) is 0.